The molecule has 1 heterocycles. The Balaban J connectivity index is 3.62. The quantitative estimate of drug-likeness (QED) is 0.0292. The minimum Gasteiger partial charge on any atom is -0.340 e. The molecule has 8 unspecified atom stereocenters. The highest BCUT2D eigenvalue weighted by Crippen LogP contribution is 2.40. The Morgan fingerprint density at radius 2 is 0.533 bits per heavy atom. The van der Waals surface area contributed by atoms with Crippen LogP contribution < -0.4 is 0 Å². The average molecular weight is 1040 g/mol. The van der Waals surface area contributed by atoms with E-state index in [1.807, 2.05) is 0 Å². The second kappa shape index (κ2) is 28.5. The molecule has 348 valence electrons. The third-order valence-corrected chi connectivity index (χ3v) is 11.2. The Kier molecular flexibility index (Phi) is 27.7. The van der Waals surface area contributed by atoms with Gasteiger partial charge in [-0.05, 0) is 18.1 Å². The Bertz CT molecular complexity index is 1300. The van der Waals surface area contributed by atoms with Crippen molar-refractivity contribution in [3.05, 3.63) is 0 Å². The van der Waals surface area contributed by atoms with E-state index in [-0.39, 0.29) is 78.5 Å². The molecule has 60 heavy (non-hydrogen) atoms. The summed E-state index contributed by atoms with van der Waals surface area (Å²) in [4.78, 5) is 98.7. The van der Waals surface area contributed by atoms with Gasteiger partial charge in [-0.3, -0.25) is 9.05 Å². The van der Waals surface area contributed by atoms with Crippen LogP contribution >= 0.6 is 66.7 Å². The summed E-state index contributed by atoms with van der Waals surface area (Å²) < 4.78 is 104. The van der Waals surface area contributed by atoms with Crippen molar-refractivity contribution in [2.75, 3.05) is 78.5 Å². The first-order valence-corrected chi connectivity index (χ1v) is 25.4. The van der Waals surface area contributed by atoms with Gasteiger partial charge in [-0.1, -0.05) is 9.05 Å². The lowest BCUT2D eigenvalue weighted by Gasteiger charge is -2.35. The minimum atomic E-state index is -3.60. The van der Waals surface area contributed by atoms with E-state index in [2.05, 4.69) is 36.2 Å². The summed E-state index contributed by atoms with van der Waals surface area (Å²) in [7, 11) is -28.3. The summed E-state index contributed by atoms with van der Waals surface area (Å²) >= 11 is 0. The third kappa shape index (κ3) is 27.0. The molecule has 0 aromatic heterocycles. The lowest BCUT2D eigenvalue weighted by atomic mass is 10.2. The van der Waals surface area contributed by atoms with Gasteiger partial charge in [0, 0.05) is 119 Å². The molecule has 0 bridgehead atoms. The monoisotopic (exact) mass is 1040 g/mol. The number of hydrogen-bond donors (Lipinski definition) is 14. The molecule has 1 fully saturated rings. The van der Waals surface area contributed by atoms with Crippen LogP contribution in [0.4, 0.5) is 0 Å². The van der Waals surface area contributed by atoms with Crippen LogP contribution in [0.1, 0.15) is 25.7 Å². The van der Waals surface area contributed by atoms with E-state index in [0.717, 1.165) is 0 Å². The summed E-state index contributed by atoms with van der Waals surface area (Å²) in [5, 5.41) is 42.5. The van der Waals surface area contributed by atoms with Gasteiger partial charge in [-0.25, -0.2) is 0 Å². The van der Waals surface area contributed by atoms with Crippen molar-refractivity contribution in [1.29, 1.82) is 0 Å². The first-order valence-electron chi connectivity index (χ1n) is 16.3. The van der Waals surface area contributed by atoms with Crippen LogP contribution in [0.5, 0.6) is 0 Å². The van der Waals surface area contributed by atoms with Crippen LogP contribution in [0.15, 0.2) is 0 Å². The summed E-state index contributed by atoms with van der Waals surface area (Å²) in [5.74, 6) is -12.2. The normalized spacial score (nSPS) is 21.8. The summed E-state index contributed by atoms with van der Waals surface area (Å²) in [5.41, 5.74) is 0. The highest BCUT2D eigenvalue weighted by Gasteiger charge is 2.50. The molecule has 0 spiro atoms. The summed E-state index contributed by atoms with van der Waals surface area (Å²) in [6.45, 7) is -2.06. The van der Waals surface area contributed by atoms with Gasteiger partial charge in [0.15, 0.2) is 0 Å². The molecule has 40 heteroatoms. The lowest BCUT2D eigenvalue weighted by molar-refractivity contribution is -0.282. The highest BCUT2D eigenvalue weighted by atomic mass is 31.2. The fraction of sp³-hybridized carbons (Fsp3) is 1.00. The Morgan fingerprint density at radius 1 is 0.367 bits per heavy atom. The van der Waals surface area contributed by atoms with Gasteiger partial charge in [0.25, 0.3) is 0 Å². The lowest BCUT2D eigenvalue weighted by Crippen LogP contribution is -2.49. The molecule has 32 nitrogen and oxygen atoms in total. The summed E-state index contributed by atoms with van der Waals surface area (Å²) in [6.07, 6.45) is -3.00. The zero-order valence-corrected chi connectivity index (χ0v) is 37.8. The zero-order valence-electron chi connectivity index (χ0n) is 30.7. The Hall–Kier alpha value is 0.420. The number of hydrogen-bond acceptors (Lipinski definition) is 26. The topological polar surface area (TPSA) is 472 Å². The van der Waals surface area contributed by atoms with Crippen LogP contribution in [-0.2, 0) is 63.6 Å². The fourth-order valence-corrected chi connectivity index (χ4v) is 8.33. The van der Waals surface area contributed by atoms with Crippen LogP contribution in [-0.4, -0.2) is 191 Å². The van der Waals surface area contributed by atoms with Gasteiger partial charge >= 0.3 is 90.6 Å². The molecule has 1 aliphatic heterocycles. The van der Waals surface area contributed by atoms with E-state index in [1.54, 1.807) is 0 Å². The molecule has 1 aliphatic rings. The Morgan fingerprint density at radius 3 is 0.700 bits per heavy atom. The largest absolute Gasteiger partial charge is 0.700 e. The van der Waals surface area contributed by atoms with Gasteiger partial charge in [0.2, 0.25) is 0 Å². The highest BCUT2D eigenvalue weighted by molar-refractivity contribution is 7.39. The van der Waals surface area contributed by atoms with Gasteiger partial charge < -0.3 is 59.6 Å². The maximum absolute atomic E-state index is 11.4. The maximum atomic E-state index is 11.4. The first-order chi connectivity index (χ1) is 27.6. The number of aliphatic hydroxyl groups is 4. The minimum absolute atomic E-state index is 0.0794. The van der Waals surface area contributed by atoms with Gasteiger partial charge in [0.1, 0.15) is 0 Å². The van der Waals surface area contributed by atoms with Crippen molar-refractivity contribution >= 4 is 66.7 Å². The van der Waals surface area contributed by atoms with Crippen molar-refractivity contribution < 1.29 is 133 Å². The molecule has 0 aromatic carbocycles. The van der Waals surface area contributed by atoms with Gasteiger partial charge in [-0.15, -0.1) is 29.4 Å². The standard InChI is InChI=1S/C20H40N4O28P8/c25-17(45-53(29)30,46-54(31)32)1-5-21-9-11-22(6-2-18(26,47-55(33)34)48-56(35)36)13-15-24(8-4-20(28,51-59(41)42)52-60(43)44)16-14-23(12-10-21)7-3-19(27,49-57(37)38)50-58(39)40/h25-30,33-34H,1-16H2/p+6. The molecule has 0 saturated carbocycles. The van der Waals surface area contributed by atoms with Crippen molar-refractivity contribution in [2.45, 2.75) is 49.6 Å². The molecular formula is C20H46N4O28P8+6. The van der Waals surface area contributed by atoms with Crippen LogP contribution in [0, 0.1) is 0 Å². The molecule has 8 atom stereocenters. The second-order valence-electron chi connectivity index (χ2n) is 11.9. The molecule has 0 radical (unpaired) electrons. The molecular weight excluding hydrogens is 992 g/mol. The van der Waals surface area contributed by atoms with Crippen molar-refractivity contribution in [1.82, 2.24) is 19.6 Å². The molecule has 1 saturated heterocycles. The van der Waals surface area contributed by atoms with Crippen LogP contribution in [0.3, 0.4) is 0 Å². The van der Waals surface area contributed by atoms with Gasteiger partial charge in [0.05, 0.1) is 12.8 Å². The van der Waals surface area contributed by atoms with Crippen molar-refractivity contribution in [2.24, 2.45) is 0 Å². The zero-order chi connectivity index (χ0) is 45.9. The predicted octanol–water partition coefficient (Wildman–Crippen LogP) is -2.19. The van der Waals surface area contributed by atoms with E-state index in [4.69, 9.17) is 0 Å². The molecule has 14 N–H and O–H groups in total. The maximum Gasteiger partial charge on any atom is 0.700 e. The SMILES string of the molecule is O=[P+](O)OC(O)(CCN1CCN(CCC(O)(OP(O)O)O[P+](=O)O)CCN(CCC(O)(O[P+](=O)O)O[P+](=O)O)CCN(CCC(O)(O[P+](=O)O)O[P+](=O)O)CC1)OP(O)O. The average Bonchev–Trinajstić information content (AvgIpc) is 3.03. The number of nitrogens with zero attached hydrogens (tertiary/aromatic N) is 4. The molecule has 0 aliphatic carbocycles. The molecule has 0 amide bonds. The van der Waals surface area contributed by atoms with E-state index in [1.165, 1.54) is 19.6 Å². The fourth-order valence-electron chi connectivity index (χ4n) is 5.09. The van der Waals surface area contributed by atoms with Gasteiger partial charge in [-0.2, -0.15) is 0 Å². The first kappa shape index (κ1) is 58.4. The van der Waals surface area contributed by atoms with E-state index in [0.29, 0.717) is 0 Å². The third-order valence-electron chi connectivity index (χ3n) is 7.68. The van der Waals surface area contributed by atoms with E-state index >= 15 is 0 Å². The Labute approximate surface area is 347 Å². The van der Waals surface area contributed by atoms with E-state index in [9.17, 15) is 96.8 Å². The molecule has 0 aromatic rings. The van der Waals surface area contributed by atoms with E-state index < -0.39 is 116 Å². The molecule has 1 rings (SSSR count). The summed E-state index contributed by atoms with van der Waals surface area (Å²) in [6, 6.07) is 0. The van der Waals surface area contributed by atoms with Crippen LogP contribution in [0.2, 0.25) is 0 Å². The van der Waals surface area contributed by atoms with Crippen molar-refractivity contribution in [3.8, 4) is 0 Å². The predicted molar refractivity (Wildman–Crippen MR) is 194 cm³/mol. The number of rotatable bonds is 28. The second-order valence-corrected chi connectivity index (χ2v) is 17.2. The smallest absolute Gasteiger partial charge is 0.340 e. The van der Waals surface area contributed by atoms with Crippen molar-refractivity contribution in [3.63, 3.8) is 0 Å². The van der Waals surface area contributed by atoms with Crippen LogP contribution in [0.25, 0.3) is 0 Å².